The number of ether oxygens (including phenoxy) is 2. The van der Waals surface area contributed by atoms with Gasteiger partial charge in [0.05, 0.1) is 0 Å². The van der Waals surface area contributed by atoms with Gasteiger partial charge in [0.2, 0.25) is 0 Å². The van der Waals surface area contributed by atoms with E-state index in [2.05, 4.69) is 4.74 Å². The molecule has 31 heavy (non-hydrogen) atoms. The lowest BCUT2D eigenvalue weighted by Gasteiger charge is -2.14. The van der Waals surface area contributed by atoms with Gasteiger partial charge in [-0.05, 0) is 48.5 Å². The van der Waals surface area contributed by atoms with Crippen molar-refractivity contribution in [2.75, 3.05) is 0 Å². The monoisotopic (exact) mass is 452 g/mol. The van der Waals surface area contributed by atoms with Crippen LogP contribution in [0.2, 0.25) is 0 Å². The van der Waals surface area contributed by atoms with Crippen LogP contribution in [-0.4, -0.2) is 20.7 Å². The van der Waals surface area contributed by atoms with Crippen molar-refractivity contribution in [1.29, 1.82) is 0 Å². The highest BCUT2D eigenvalue weighted by Gasteiger charge is 2.34. The molecule has 0 fully saturated rings. The largest absolute Gasteiger partial charge is 0.573 e. The lowest BCUT2D eigenvalue weighted by atomic mass is 10.2. The van der Waals surface area contributed by atoms with Crippen LogP contribution in [0.5, 0.6) is 17.2 Å². The predicted molar refractivity (Wildman–Crippen MR) is 104 cm³/mol. The van der Waals surface area contributed by atoms with E-state index in [9.17, 15) is 26.4 Å². The third-order valence-electron chi connectivity index (χ3n) is 3.76. The van der Waals surface area contributed by atoms with Crippen molar-refractivity contribution in [2.24, 2.45) is 0 Å². The second kappa shape index (κ2) is 9.06. The molecule has 3 aromatic rings. The van der Waals surface area contributed by atoms with Gasteiger partial charge in [0, 0.05) is 5.56 Å². The molecule has 1 amide bonds. The molecular weight excluding hydrogens is 437 g/mol. The number of hydrogen-bond donors (Lipinski definition) is 2. The normalized spacial score (nSPS) is 11.6. The first-order valence-electron chi connectivity index (χ1n) is 8.64. The van der Waals surface area contributed by atoms with E-state index in [0.717, 1.165) is 12.1 Å². The summed E-state index contributed by atoms with van der Waals surface area (Å²) in [6.45, 7) is 0. The van der Waals surface area contributed by atoms with Gasteiger partial charge in [-0.25, -0.2) is 8.42 Å². The van der Waals surface area contributed by atoms with E-state index in [1.54, 1.807) is 29.1 Å². The lowest BCUT2D eigenvalue weighted by Crippen LogP contribution is -2.41. The minimum absolute atomic E-state index is 0.0861. The molecule has 0 aromatic heterocycles. The number of sulfonamides is 1. The molecule has 0 aliphatic rings. The SMILES string of the molecule is O=C(NNS(=O)(=O)c1ccccc1OC(F)(F)F)c1ccc(Oc2ccccc2)cc1. The number of rotatable bonds is 7. The Hall–Kier alpha value is -3.57. The molecule has 0 spiro atoms. The molecule has 0 aliphatic carbocycles. The molecule has 2 N–H and O–H groups in total. The number of hydrogen-bond acceptors (Lipinski definition) is 5. The van der Waals surface area contributed by atoms with Crippen LogP contribution < -0.4 is 19.7 Å². The second-order valence-corrected chi connectivity index (χ2v) is 7.64. The zero-order chi connectivity index (χ0) is 22.5. The van der Waals surface area contributed by atoms with Crippen molar-refractivity contribution in [2.45, 2.75) is 11.3 Å². The maximum absolute atomic E-state index is 12.5. The molecular formula is C20H15F3N2O5S. The average Bonchev–Trinajstić information content (AvgIpc) is 2.72. The molecule has 0 unspecified atom stereocenters. The first-order chi connectivity index (χ1) is 14.6. The summed E-state index contributed by atoms with van der Waals surface area (Å²) in [6, 6.07) is 18.8. The maximum Gasteiger partial charge on any atom is 0.573 e. The Bertz CT molecular complexity index is 1150. The van der Waals surface area contributed by atoms with Gasteiger partial charge in [-0.1, -0.05) is 30.3 Å². The standard InChI is InChI=1S/C20H15F3N2O5S/c21-20(22,23)30-17-8-4-5-9-18(17)31(27,28)25-24-19(26)14-10-12-16(13-11-14)29-15-6-2-1-3-7-15/h1-13,25H,(H,24,26). The number of nitrogens with one attached hydrogen (secondary N) is 2. The highest BCUT2D eigenvalue weighted by atomic mass is 32.2. The summed E-state index contributed by atoms with van der Waals surface area (Å²) in [5.74, 6) is -0.725. The van der Waals surface area contributed by atoms with Crippen LogP contribution in [0.15, 0.2) is 83.8 Å². The first kappa shape index (κ1) is 22.1. The van der Waals surface area contributed by atoms with Gasteiger partial charge in [-0.2, -0.15) is 0 Å². The van der Waals surface area contributed by atoms with E-state index >= 15 is 0 Å². The van der Waals surface area contributed by atoms with Crippen LogP contribution in [0.1, 0.15) is 10.4 Å². The van der Waals surface area contributed by atoms with E-state index in [4.69, 9.17) is 4.74 Å². The molecule has 0 aliphatic heterocycles. The minimum atomic E-state index is -5.08. The Morgan fingerprint density at radius 2 is 1.39 bits per heavy atom. The van der Waals surface area contributed by atoms with Crippen LogP contribution in [0.3, 0.4) is 0 Å². The Labute approximate surface area is 175 Å². The molecule has 3 rings (SSSR count). The fourth-order valence-corrected chi connectivity index (χ4v) is 3.39. The van der Waals surface area contributed by atoms with Crippen LogP contribution in [0, 0.1) is 0 Å². The lowest BCUT2D eigenvalue weighted by molar-refractivity contribution is -0.275. The quantitative estimate of drug-likeness (QED) is 0.529. The summed E-state index contributed by atoms with van der Waals surface area (Å²) in [7, 11) is -4.55. The fraction of sp³-hybridized carbons (Fsp3) is 0.0500. The molecule has 3 aromatic carbocycles. The van der Waals surface area contributed by atoms with E-state index in [1.807, 2.05) is 11.5 Å². The molecule has 0 bridgehead atoms. The Balaban J connectivity index is 1.66. The summed E-state index contributed by atoms with van der Waals surface area (Å²) in [6.07, 6.45) is -5.08. The van der Waals surface area contributed by atoms with Crippen molar-refractivity contribution in [1.82, 2.24) is 10.3 Å². The molecule has 11 heteroatoms. The number of para-hydroxylation sites is 2. The van der Waals surface area contributed by atoms with Crippen molar-refractivity contribution in [3.63, 3.8) is 0 Å². The number of hydrazine groups is 1. The summed E-state index contributed by atoms with van der Waals surface area (Å²) >= 11 is 0. The van der Waals surface area contributed by atoms with Gasteiger partial charge in [0.25, 0.3) is 15.9 Å². The topological polar surface area (TPSA) is 93.7 Å². The molecule has 0 heterocycles. The highest BCUT2D eigenvalue weighted by Crippen LogP contribution is 2.29. The van der Waals surface area contributed by atoms with E-state index in [-0.39, 0.29) is 5.56 Å². The molecule has 7 nitrogen and oxygen atoms in total. The van der Waals surface area contributed by atoms with Gasteiger partial charge in [-0.3, -0.25) is 10.2 Å². The Kier molecular flexibility index (Phi) is 6.47. The number of carbonyl (C=O) groups is 1. The number of amides is 1. The van der Waals surface area contributed by atoms with Gasteiger partial charge >= 0.3 is 6.36 Å². The summed E-state index contributed by atoms with van der Waals surface area (Å²) in [4.78, 5) is 13.2. The van der Waals surface area contributed by atoms with Crippen molar-refractivity contribution in [3.05, 3.63) is 84.4 Å². The number of carbonyl (C=O) groups excluding carboxylic acids is 1. The zero-order valence-corrected chi connectivity index (χ0v) is 16.4. The molecule has 0 atom stereocenters. The van der Waals surface area contributed by atoms with E-state index in [1.165, 1.54) is 36.4 Å². The number of benzene rings is 3. The number of alkyl halides is 3. The summed E-state index contributed by atoms with van der Waals surface area (Å²) in [5, 5.41) is 0. The summed E-state index contributed by atoms with van der Waals surface area (Å²) in [5.41, 5.74) is 2.03. The van der Waals surface area contributed by atoms with Gasteiger partial charge in [-0.15, -0.1) is 18.0 Å². The molecule has 0 saturated carbocycles. The van der Waals surface area contributed by atoms with Crippen molar-refractivity contribution in [3.8, 4) is 17.2 Å². The maximum atomic E-state index is 12.5. The van der Waals surface area contributed by atoms with Crippen LogP contribution in [-0.2, 0) is 10.0 Å². The fourth-order valence-electron chi connectivity index (χ4n) is 2.42. The van der Waals surface area contributed by atoms with E-state index < -0.39 is 32.9 Å². The zero-order valence-electron chi connectivity index (χ0n) is 15.6. The minimum Gasteiger partial charge on any atom is -0.457 e. The molecule has 162 valence electrons. The van der Waals surface area contributed by atoms with Crippen LogP contribution in [0.25, 0.3) is 0 Å². The predicted octanol–water partition coefficient (Wildman–Crippen LogP) is 4.00. The van der Waals surface area contributed by atoms with Gasteiger partial charge < -0.3 is 9.47 Å². The van der Waals surface area contributed by atoms with Gasteiger partial charge in [0.15, 0.2) is 0 Å². The number of halogens is 3. The van der Waals surface area contributed by atoms with Crippen LogP contribution >= 0.6 is 0 Å². The third kappa shape index (κ3) is 6.20. The second-order valence-electron chi connectivity index (χ2n) is 5.99. The Morgan fingerprint density at radius 1 is 0.806 bits per heavy atom. The van der Waals surface area contributed by atoms with E-state index in [0.29, 0.717) is 11.5 Å². The third-order valence-corrected chi connectivity index (χ3v) is 5.05. The highest BCUT2D eigenvalue weighted by molar-refractivity contribution is 7.89. The average molecular weight is 452 g/mol. The molecule has 0 radical (unpaired) electrons. The van der Waals surface area contributed by atoms with Crippen molar-refractivity contribution >= 4 is 15.9 Å². The Morgan fingerprint density at radius 3 is 2.03 bits per heavy atom. The smallest absolute Gasteiger partial charge is 0.457 e. The summed E-state index contributed by atoms with van der Waals surface area (Å²) < 4.78 is 71.5. The van der Waals surface area contributed by atoms with Crippen molar-refractivity contribution < 1.29 is 35.9 Å². The van der Waals surface area contributed by atoms with Gasteiger partial charge in [0.1, 0.15) is 22.1 Å². The first-order valence-corrected chi connectivity index (χ1v) is 10.1. The van der Waals surface area contributed by atoms with Crippen LogP contribution in [0.4, 0.5) is 13.2 Å². The molecule has 0 saturated heterocycles.